The lowest BCUT2D eigenvalue weighted by Gasteiger charge is -2.08. The predicted octanol–water partition coefficient (Wildman–Crippen LogP) is 6.07. The molecular weight excluding hydrogens is 436 g/mol. The van der Waals surface area contributed by atoms with Crippen molar-refractivity contribution in [1.82, 2.24) is 4.98 Å². The second-order valence-corrected chi connectivity index (χ2v) is 8.10. The van der Waals surface area contributed by atoms with Crippen LogP contribution < -0.4 is 10.1 Å². The van der Waals surface area contributed by atoms with E-state index in [4.69, 9.17) is 16.3 Å². The highest BCUT2D eigenvalue weighted by molar-refractivity contribution is 9.10. The summed E-state index contributed by atoms with van der Waals surface area (Å²) in [6.45, 7) is 2.54. The van der Waals surface area contributed by atoms with Gasteiger partial charge in [-0.05, 0) is 48.7 Å². The fraction of sp³-hybridized carbons (Fsp3) is 0.263. The van der Waals surface area contributed by atoms with Crippen LogP contribution in [0.2, 0.25) is 5.02 Å². The van der Waals surface area contributed by atoms with E-state index < -0.39 is 0 Å². The van der Waals surface area contributed by atoms with Crippen molar-refractivity contribution >= 4 is 60.1 Å². The quantitative estimate of drug-likeness (QED) is 0.442. The Morgan fingerprint density at radius 1 is 1.31 bits per heavy atom. The van der Waals surface area contributed by atoms with E-state index in [2.05, 4.69) is 45.3 Å². The molecule has 0 aliphatic carbocycles. The number of nitrogens with one attached hydrogen (secondary N) is 1. The summed E-state index contributed by atoms with van der Waals surface area (Å²) in [6, 6.07) is 11.6. The van der Waals surface area contributed by atoms with E-state index in [-0.39, 0.29) is 5.91 Å². The lowest BCUT2D eigenvalue weighted by Crippen LogP contribution is -2.12. The Morgan fingerprint density at radius 2 is 2.15 bits per heavy atom. The molecule has 3 rings (SSSR count). The Hall–Kier alpha value is -1.63. The minimum atomic E-state index is -0.0646. The average molecular weight is 454 g/mol. The fourth-order valence-corrected chi connectivity index (χ4v) is 4.10. The van der Waals surface area contributed by atoms with Crippen LogP contribution in [0.15, 0.2) is 40.9 Å². The first-order valence-corrected chi connectivity index (χ1v) is 10.3. The molecule has 0 fully saturated rings. The standard InChI is InChI=1S/C19H18BrClN2O2S/c1-2-12-5-7-15-17(10-12)26-19(22-15)23-18(24)4-3-9-25-16-8-6-13(20)11-14(16)21/h5-8,10-11H,2-4,9H2,1H3,(H,22,23,24). The molecule has 0 spiro atoms. The molecule has 7 heteroatoms. The number of halogens is 2. The first-order chi connectivity index (χ1) is 12.5. The number of rotatable bonds is 7. The lowest BCUT2D eigenvalue weighted by atomic mass is 10.2. The molecule has 0 atom stereocenters. The normalized spacial score (nSPS) is 10.9. The summed E-state index contributed by atoms with van der Waals surface area (Å²) in [5, 5.41) is 4.05. The van der Waals surface area contributed by atoms with Crippen molar-refractivity contribution in [3.63, 3.8) is 0 Å². The number of carbonyl (C=O) groups is 1. The van der Waals surface area contributed by atoms with Crippen molar-refractivity contribution in [1.29, 1.82) is 0 Å². The van der Waals surface area contributed by atoms with Gasteiger partial charge < -0.3 is 10.1 Å². The van der Waals surface area contributed by atoms with E-state index in [0.717, 1.165) is 21.1 Å². The number of aromatic nitrogens is 1. The van der Waals surface area contributed by atoms with Crippen LogP contribution >= 0.6 is 38.9 Å². The summed E-state index contributed by atoms with van der Waals surface area (Å²) < 4.78 is 7.61. The molecule has 0 aliphatic rings. The number of fused-ring (bicyclic) bond motifs is 1. The number of thiazole rings is 1. The third-order valence-electron chi connectivity index (χ3n) is 3.81. The Balaban J connectivity index is 1.48. The van der Waals surface area contributed by atoms with Gasteiger partial charge in [0.15, 0.2) is 5.13 Å². The Kier molecular flexibility index (Phi) is 6.51. The summed E-state index contributed by atoms with van der Waals surface area (Å²) in [4.78, 5) is 16.6. The van der Waals surface area contributed by atoms with Gasteiger partial charge in [-0.1, -0.05) is 51.9 Å². The highest BCUT2D eigenvalue weighted by Gasteiger charge is 2.09. The van der Waals surface area contributed by atoms with E-state index in [0.29, 0.717) is 35.4 Å². The van der Waals surface area contributed by atoms with E-state index in [9.17, 15) is 4.79 Å². The van der Waals surface area contributed by atoms with Gasteiger partial charge in [0.2, 0.25) is 5.91 Å². The molecule has 1 N–H and O–H groups in total. The van der Waals surface area contributed by atoms with Crippen molar-refractivity contribution in [3.05, 3.63) is 51.5 Å². The molecule has 0 aliphatic heterocycles. The van der Waals surface area contributed by atoms with Crippen LogP contribution in [0.25, 0.3) is 10.2 Å². The first-order valence-electron chi connectivity index (χ1n) is 8.32. The topological polar surface area (TPSA) is 51.2 Å². The molecule has 3 aromatic rings. The predicted molar refractivity (Wildman–Crippen MR) is 112 cm³/mol. The maximum Gasteiger partial charge on any atom is 0.226 e. The summed E-state index contributed by atoms with van der Waals surface area (Å²) in [6.07, 6.45) is 1.95. The first kappa shape index (κ1) is 19.1. The number of hydrogen-bond acceptors (Lipinski definition) is 4. The van der Waals surface area contributed by atoms with Gasteiger partial charge in [-0.25, -0.2) is 4.98 Å². The van der Waals surface area contributed by atoms with Gasteiger partial charge in [0.25, 0.3) is 0 Å². The number of aryl methyl sites for hydroxylation is 1. The molecule has 4 nitrogen and oxygen atoms in total. The van der Waals surface area contributed by atoms with Crippen molar-refractivity contribution in [2.45, 2.75) is 26.2 Å². The molecule has 1 amide bonds. The highest BCUT2D eigenvalue weighted by atomic mass is 79.9. The van der Waals surface area contributed by atoms with Gasteiger partial charge in [-0.2, -0.15) is 0 Å². The van der Waals surface area contributed by atoms with Gasteiger partial charge in [-0.15, -0.1) is 0 Å². The van der Waals surface area contributed by atoms with Crippen LogP contribution in [-0.4, -0.2) is 17.5 Å². The number of anilines is 1. The maximum absolute atomic E-state index is 12.1. The Labute approximate surface area is 169 Å². The summed E-state index contributed by atoms with van der Waals surface area (Å²) in [7, 11) is 0. The van der Waals surface area contributed by atoms with E-state index >= 15 is 0 Å². The monoisotopic (exact) mass is 452 g/mol. The molecule has 0 saturated carbocycles. The highest BCUT2D eigenvalue weighted by Crippen LogP contribution is 2.28. The van der Waals surface area contributed by atoms with Gasteiger partial charge in [0.1, 0.15) is 5.75 Å². The molecule has 2 aromatic carbocycles. The van der Waals surface area contributed by atoms with Gasteiger partial charge in [0.05, 0.1) is 21.8 Å². The van der Waals surface area contributed by atoms with Crippen molar-refractivity contribution < 1.29 is 9.53 Å². The number of amides is 1. The number of hydrogen-bond donors (Lipinski definition) is 1. The van der Waals surface area contributed by atoms with E-state index in [1.807, 2.05) is 12.1 Å². The maximum atomic E-state index is 12.1. The largest absolute Gasteiger partial charge is 0.492 e. The summed E-state index contributed by atoms with van der Waals surface area (Å²) in [5.41, 5.74) is 2.18. The van der Waals surface area contributed by atoms with Gasteiger partial charge in [0, 0.05) is 10.9 Å². The molecule has 1 aromatic heterocycles. The summed E-state index contributed by atoms with van der Waals surface area (Å²) >= 11 is 10.9. The van der Waals surface area contributed by atoms with Crippen molar-refractivity contribution in [3.8, 4) is 5.75 Å². The number of ether oxygens (including phenoxy) is 1. The van der Waals surface area contributed by atoms with Crippen LogP contribution in [0.4, 0.5) is 5.13 Å². The van der Waals surface area contributed by atoms with Crippen molar-refractivity contribution in [2.75, 3.05) is 11.9 Å². The molecule has 136 valence electrons. The molecule has 0 radical (unpaired) electrons. The third-order valence-corrected chi connectivity index (χ3v) is 5.53. The van der Waals surface area contributed by atoms with Crippen LogP contribution in [0.5, 0.6) is 5.75 Å². The third kappa shape index (κ3) is 4.96. The molecule has 26 heavy (non-hydrogen) atoms. The SMILES string of the molecule is CCc1ccc2nc(NC(=O)CCCOc3ccc(Br)cc3Cl)sc2c1. The Morgan fingerprint density at radius 3 is 2.92 bits per heavy atom. The van der Waals surface area contributed by atoms with Gasteiger partial charge >= 0.3 is 0 Å². The van der Waals surface area contributed by atoms with Crippen LogP contribution in [0.1, 0.15) is 25.3 Å². The zero-order valence-corrected chi connectivity index (χ0v) is 17.4. The number of nitrogens with zero attached hydrogens (tertiary/aromatic N) is 1. The molecule has 0 unspecified atom stereocenters. The smallest absolute Gasteiger partial charge is 0.226 e. The molecule has 0 bridgehead atoms. The van der Waals surface area contributed by atoms with Crippen LogP contribution in [-0.2, 0) is 11.2 Å². The Bertz CT molecular complexity index is 929. The lowest BCUT2D eigenvalue weighted by molar-refractivity contribution is -0.116. The number of benzene rings is 2. The second kappa shape index (κ2) is 8.84. The zero-order chi connectivity index (χ0) is 18.5. The summed E-state index contributed by atoms with van der Waals surface area (Å²) in [5.74, 6) is 0.554. The second-order valence-electron chi connectivity index (χ2n) is 5.75. The van der Waals surface area contributed by atoms with E-state index in [1.165, 1.54) is 16.9 Å². The molecule has 1 heterocycles. The van der Waals surface area contributed by atoms with Gasteiger partial charge in [-0.3, -0.25) is 4.79 Å². The average Bonchev–Trinajstić information content (AvgIpc) is 3.01. The minimum Gasteiger partial charge on any atom is -0.492 e. The minimum absolute atomic E-state index is 0.0646. The van der Waals surface area contributed by atoms with Crippen LogP contribution in [0.3, 0.4) is 0 Å². The van der Waals surface area contributed by atoms with E-state index in [1.54, 1.807) is 12.1 Å². The fourth-order valence-electron chi connectivity index (χ4n) is 2.43. The molecule has 0 saturated heterocycles. The zero-order valence-electron chi connectivity index (χ0n) is 14.2. The number of carbonyl (C=O) groups excluding carboxylic acids is 1. The van der Waals surface area contributed by atoms with Crippen LogP contribution in [0, 0.1) is 0 Å². The van der Waals surface area contributed by atoms with Crippen molar-refractivity contribution in [2.24, 2.45) is 0 Å². The molecular formula is C19H18BrClN2O2S.